The number of amides is 1. The number of aryl methyl sites for hydroxylation is 1. The lowest BCUT2D eigenvalue weighted by molar-refractivity contribution is -0.148. The highest BCUT2D eigenvalue weighted by atomic mass is 32.2. The second-order valence-corrected chi connectivity index (χ2v) is 8.82. The number of sulfonamides is 1. The first-order chi connectivity index (χ1) is 12.8. The molecule has 27 heavy (non-hydrogen) atoms. The van der Waals surface area contributed by atoms with Crippen molar-refractivity contribution in [1.29, 1.82) is 0 Å². The molecule has 1 amide bonds. The Kier molecular flexibility index (Phi) is 7.79. The fourth-order valence-electron chi connectivity index (χ4n) is 3.09. The first-order valence-electron chi connectivity index (χ1n) is 9.29. The van der Waals surface area contributed by atoms with E-state index in [2.05, 4.69) is 17.0 Å². The van der Waals surface area contributed by atoms with Crippen molar-refractivity contribution in [2.75, 3.05) is 13.2 Å². The van der Waals surface area contributed by atoms with Gasteiger partial charge >= 0.3 is 5.97 Å². The van der Waals surface area contributed by atoms with Gasteiger partial charge in [-0.3, -0.25) is 9.59 Å². The van der Waals surface area contributed by atoms with E-state index in [-0.39, 0.29) is 36.4 Å². The molecule has 1 aliphatic carbocycles. The summed E-state index contributed by atoms with van der Waals surface area (Å²) in [5, 5.41) is 2.90. The highest BCUT2D eigenvalue weighted by Crippen LogP contribution is 2.23. The molecule has 1 aliphatic rings. The Morgan fingerprint density at radius 2 is 1.81 bits per heavy atom. The molecule has 1 fully saturated rings. The lowest BCUT2D eigenvalue weighted by atomic mass is 9.86. The summed E-state index contributed by atoms with van der Waals surface area (Å²) in [6, 6.07) is 6.55. The van der Waals surface area contributed by atoms with Gasteiger partial charge in [-0.05, 0) is 37.8 Å². The van der Waals surface area contributed by atoms with Crippen LogP contribution in [-0.4, -0.2) is 39.5 Å². The van der Waals surface area contributed by atoms with Crippen LogP contribution in [0.15, 0.2) is 29.2 Å². The third-order valence-corrected chi connectivity index (χ3v) is 6.25. The fraction of sp³-hybridized carbons (Fsp3) is 0.579. The average molecular weight is 397 g/mol. The molecule has 1 saturated carbocycles. The molecular formula is C19H28N2O5S. The largest absolute Gasteiger partial charge is 0.456 e. The Balaban J connectivity index is 1.68. The van der Waals surface area contributed by atoms with Gasteiger partial charge in [0.05, 0.1) is 11.3 Å². The molecule has 2 rings (SSSR count). The third-order valence-electron chi connectivity index (χ3n) is 4.77. The Morgan fingerprint density at radius 1 is 1.15 bits per heavy atom. The van der Waals surface area contributed by atoms with Crippen LogP contribution in [0.1, 0.15) is 44.6 Å². The van der Waals surface area contributed by atoms with Crippen LogP contribution in [-0.2, 0) is 24.3 Å². The van der Waals surface area contributed by atoms with Crippen LogP contribution in [0.3, 0.4) is 0 Å². The summed E-state index contributed by atoms with van der Waals surface area (Å²) in [5.41, 5.74) is 0.957. The minimum absolute atomic E-state index is 0.0870. The molecule has 2 atom stereocenters. The number of benzene rings is 1. The van der Waals surface area contributed by atoms with E-state index in [9.17, 15) is 18.0 Å². The van der Waals surface area contributed by atoms with Crippen molar-refractivity contribution < 1.29 is 22.7 Å². The highest BCUT2D eigenvalue weighted by molar-refractivity contribution is 7.89. The maximum Gasteiger partial charge on any atom is 0.307 e. The van der Waals surface area contributed by atoms with Crippen LogP contribution in [0.2, 0.25) is 0 Å². The molecule has 2 N–H and O–H groups in total. The predicted molar refractivity (Wildman–Crippen MR) is 102 cm³/mol. The average Bonchev–Trinajstić information content (AvgIpc) is 2.62. The first kappa shape index (κ1) is 21.4. The zero-order chi connectivity index (χ0) is 19.9. The van der Waals surface area contributed by atoms with Gasteiger partial charge < -0.3 is 10.1 Å². The lowest BCUT2D eigenvalue weighted by Gasteiger charge is -2.29. The third kappa shape index (κ3) is 6.95. The Morgan fingerprint density at radius 3 is 2.48 bits per heavy atom. The number of carbonyl (C=O) groups excluding carboxylic acids is 2. The van der Waals surface area contributed by atoms with Crippen molar-refractivity contribution in [3.05, 3.63) is 29.8 Å². The summed E-state index contributed by atoms with van der Waals surface area (Å²) in [6.07, 6.45) is 4.17. The molecule has 7 nitrogen and oxygen atoms in total. The van der Waals surface area contributed by atoms with E-state index < -0.39 is 16.0 Å². The maximum atomic E-state index is 12.1. The number of nitrogens with one attached hydrogen (secondary N) is 2. The molecule has 1 aromatic carbocycles. The monoisotopic (exact) mass is 396 g/mol. The van der Waals surface area contributed by atoms with E-state index in [1.165, 1.54) is 18.6 Å². The number of carbonyl (C=O) groups is 2. The van der Waals surface area contributed by atoms with Crippen molar-refractivity contribution >= 4 is 21.9 Å². The minimum Gasteiger partial charge on any atom is -0.456 e. The number of esters is 1. The van der Waals surface area contributed by atoms with Gasteiger partial charge in [0.15, 0.2) is 6.61 Å². The summed E-state index contributed by atoms with van der Waals surface area (Å²) in [4.78, 5) is 23.8. The SMILES string of the molecule is Cc1ccc(S(=O)(=O)NCCC(=O)OCC(=O)N[C@H]2CCCC[C@H]2C)cc1. The van der Waals surface area contributed by atoms with Gasteiger partial charge in [0.1, 0.15) is 0 Å². The highest BCUT2D eigenvalue weighted by Gasteiger charge is 2.23. The van der Waals surface area contributed by atoms with E-state index in [1.54, 1.807) is 12.1 Å². The summed E-state index contributed by atoms with van der Waals surface area (Å²) in [7, 11) is -3.67. The normalized spacial score (nSPS) is 20.1. The Hall–Kier alpha value is -1.93. The van der Waals surface area contributed by atoms with Crippen molar-refractivity contribution in [3.8, 4) is 0 Å². The van der Waals surface area contributed by atoms with Gasteiger partial charge in [-0.25, -0.2) is 13.1 Å². The summed E-state index contributed by atoms with van der Waals surface area (Å²) >= 11 is 0. The predicted octanol–water partition coefficient (Wildman–Crippen LogP) is 1.90. The molecule has 1 aromatic rings. The van der Waals surface area contributed by atoms with Crippen LogP contribution < -0.4 is 10.0 Å². The van der Waals surface area contributed by atoms with E-state index in [1.807, 2.05) is 6.92 Å². The molecular weight excluding hydrogens is 368 g/mol. The topological polar surface area (TPSA) is 102 Å². The quantitative estimate of drug-likeness (QED) is 0.654. The smallest absolute Gasteiger partial charge is 0.307 e. The van der Waals surface area contributed by atoms with Gasteiger partial charge in [-0.15, -0.1) is 0 Å². The lowest BCUT2D eigenvalue weighted by Crippen LogP contribution is -2.43. The summed E-state index contributed by atoms with van der Waals surface area (Å²) in [5.74, 6) is -0.509. The van der Waals surface area contributed by atoms with Crippen molar-refractivity contribution in [3.63, 3.8) is 0 Å². The zero-order valence-corrected chi connectivity index (χ0v) is 16.7. The van der Waals surface area contributed by atoms with Gasteiger partial charge in [-0.2, -0.15) is 0 Å². The molecule has 0 aromatic heterocycles. The van der Waals surface area contributed by atoms with Gasteiger partial charge in [0.2, 0.25) is 10.0 Å². The van der Waals surface area contributed by atoms with Gasteiger partial charge in [-0.1, -0.05) is 37.5 Å². The number of hydrogen-bond acceptors (Lipinski definition) is 5. The molecule has 0 spiro atoms. The first-order valence-corrected chi connectivity index (χ1v) is 10.8. The Labute approximate surface area is 160 Å². The summed E-state index contributed by atoms with van der Waals surface area (Å²) < 4.78 is 31.5. The Bertz CT molecular complexity index is 746. The van der Waals surface area contributed by atoms with E-state index in [4.69, 9.17) is 4.74 Å². The van der Waals surface area contributed by atoms with Gasteiger partial charge in [0.25, 0.3) is 5.91 Å². The summed E-state index contributed by atoms with van der Waals surface area (Å²) in [6.45, 7) is 3.55. The van der Waals surface area contributed by atoms with E-state index in [0.717, 1.165) is 24.8 Å². The van der Waals surface area contributed by atoms with Crippen molar-refractivity contribution in [2.24, 2.45) is 5.92 Å². The zero-order valence-electron chi connectivity index (χ0n) is 15.9. The molecule has 0 bridgehead atoms. The number of rotatable bonds is 8. The minimum atomic E-state index is -3.67. The van der Waals surface area contributed by atoms with Crippen LogP contribution in [0.5, 0.6) is 0 Å². The van der Waals surface area contributed by atoms with Crippen LogP contribution in [0.4, 0.5) is 0 Å². The molecule has 150 valence electrons. The van der Waals surface area contributed by atoms with Crippen LogP contribution >= 0.6 is 0 Å². The molecule has 8 heteroatoms. The number of ether oxygens (including phenoxy) is 1. The van der Waals surface area contributed by atoms with E-state index >= 15 is 0 Å². The standard InChI is InChI=1S/C19H28N2O5S/c1-14-7-9-16(10-8-14)27(24,25)20-12-11-19(23)26-13-18(22)21-17-6-4-3-5-15(17)2/h7-10,15,17,20H,3-6,11-13H2,1-2H3,(H,21,22)/t15-,17+/m1/s1. The fourth-order valence-corrected chi connectivity index (χ4v) is 4.12. The van der Waals surface area contributed by atoms with Crippen LogP contribution in [0.25, 0.3) is 0 Å². The van der Waals surface area contributed by atoms with Crippen molar-refractivity contribution in [2.45, 2.75) is 56.9 Å². The van der Waals surface area contributed by atoms with Crippen molar-refractivity contribution in [1.82, 2.24) is 10.0 Å². The molecule has 0 saturated heterocycles. The van der Waals surface area contributed by atoms with Gasteiger partial charge in [0, 0.05) is 12.6 Å². The second kappa shape index (κ2) is 9.85. The molecule has 0 aliphatic heterocycles. The maximum absolute atomic E-state index is 12.1. The molecule has 0 unspecified atom stereocenters. The molecule has 0 radical (unpaired) electrons. The second-order valence-electron chi connectivity index (χ2n) is 7.06. The van der Waals surface area contributed by atoms with E-state index in [0.29, 0.717) is 5.92 Å². The number of hydrogen-bond donors (Lipinski definition) is 2. The molecule has 0 heterocycles. The van der Waals surface area contributed by atoms with Crippen LogP contribution in [0, 0.1) is 12.8 Å².